The van der Waals surface area contributed by atoms with Gasteiger partial charge in [0, 0.05) is 0 Å². The summed E-state index contributed by atoms with van der Waals surface area (Å²) in [7, 11) is 0. The van der Waals surface area contributed by atoms with E-state index in [1.54, 1.807) is 18.2 Å². The Morgan fingerprint density at radius 3 is 2.50 bits per heavy atom. The minimum absolute atomic E-state index is 0.0851. The summed E-state index contributed by atoms with van der Waals surface area (Å²) in [5.41, 5.74) is 0.570. The number of rotatable bonds is 3. The topological polar surface area (TPSA) is 77.8 Å². The molecule has 0 atom stereocenters. The molecular formula is C10H10O4. The molecule has 0 spiro atoms. The Morgan fingerprint density at radius 1 is 1.29 bits per heavy atom. The van der Waals surface area contributed by atoms with Gasteiger partial charge in [0.1, 0.15) is 5.75 Å². The first kappa shape index (κ1) is 10.1. The zero-order chi connectivity index (χ0) is 10.6. The molecule has 1 aromatic rings. The second kappa shape index (κ2) is 4.32. The molecule has 0 aromatic heterocycles. The lowest BCUT2D eigenvalue weighted by Crippen LogP contribution is -1.99. The number of carboxylic acid groups (broad SMARTS) is 1. The third-order valence-electron chi connectivity index (χ3n) is 1.73. The van der Waals surface area contributed by atoms with Crippen LogP contribution >= 0.6 is 0 Å². The third kappa shape index (κ3) is 2.52. The van der Waals surface area contributed by atoms with E-state index in [1.165, 1.54) is 6.07 Å². The smallest absolute Gasteiger partial charge is 0.370 e. The average molecular weight is 194 g/mol. The second-order valence-corrected chi connectivity index (χ2v) is 2.73. The van der Waals surface area contributed by atoms with Gasteiger partial charge in [-0.15, -0.1) is 0 Å². The fourth-order valence-corrected chi connectivity index (χ4v) is 0.977. The zero-order valence-electron chi connectivity index (χ0n) is 7.34. The molecular weight excluding hydrogens is 184 g/mol. The van der Waals surface area contributed by atoms with Gasteiger partial charge in [0.05, 0.1) is 0 Å². The van der Waals surface area contributed by atoms with Crippen LogP contribution in [0.4, 0.5) is 0 Å². The average Bonchev–Trinajstić information content (AvgIpc) is 2.16. The number of phenolic OH excluding ortho intramolecular Hbond substituents is 1. The number of allylic oxidation sites excluding steroid dienone is 1. The summed E-state index contributed by atoms with van der Waals surface area (Å²) in [5, 5.41) is 26.5. The normalized spacial score (nSPS) is 11.3. The van der Waals surface area contributed by atoms with Gasteiger partial charge in [-0.2, -0.15) is 0 Å². The standard InChI is InChI=1S/C10H10O4/c11-8-4-2-1-3-7(8)5-6-9(12)10(13)14/h1-4,6,11-12H,5H2,(H,13,14)/b9-6-. The number of para-hydroxylation sites is 1. The van der Waals surface area contributed by atoms with Gasteiger partial charge in [0.25, 0.3) is 0 Å². The van der Waals surface area contributed by atoms with Crippen LogP contribution in [-0.4, -0.2) is 21.3 Å². The Morgan fingerprint density at radius 2 is 1.93 bits per heavy atom. The molecule has 1 aromatic carbocycles. The molecule has 4 nitrogen and oxygen atoms in total. The molecule has 0 amide bonds. The van der Waals surface area contributed by atoms with E-state index in [4.69, 9.17) is 10.2 Å². The Bertz CT molecular complexity index is 368. The van der Waals surface area contributed by atoms with Crippen LogP contribution in [0, 0.1) is 0 Å². The number of phenols is 1. The molecule has 14 heavy (non-hydrogen) atoms. The van der Waals surface area contributed by atoms with Gasteiger partial charge in [-0.1, -0.05) is 18.2 Å². The van der Waals surface area contributed by atoms with Gasteiger partial charge < -0.3 is 15.3 Å². The Kier molecular flexibility index (Phi) is 3.12. The summed E-state index contributed by atoms with van der Waals surface area (Å²) in [6.45, 7) is 0. The van der Waals surface area contributed by atoms with Gasteiger partial charge in [-0.25, -0.2) is 4.79 Å². The maximum absolute atomic E-state index is 10.2. The van der Waals surface area contributed by atoms with Crippen LogP contribution in [0.25, 0.3) is 0 Å². The molecule has 0 saturated heterocycles. The highest BCUT2D eigenvalue weighted by Crippen LogP contribution is 2.16. The van der Waals surface area contributed by atoms with Crippen molar-refractivity contribution in [3.8, 4) is 5.75 Å². The first-order valence-corrected chi connectivity index (χ1v) is 4.00. The minimum atomic E-state index is -1.37. The summed E-state index contributed by atoms with van der Waals surface area (Å²) in [6, 6.07) is 6.54. The van der Waals surface area contributed by atoms with Crippen molar-refractivity contribution in [1.29, 1.82) is 0 Å². The highest BCUT2D eigenvalue weighted by Gasteiger charge is 2.03. The predicted octanol–water partition coefficient (Wildman–Crippen LogP) is 1.46. The maximum atomic E-state index is 10.2. The van der Waals surface area contributed by atoms with Crippen LogP contribution < -0.4 is 0 Å². The molecule has 0 unspecified atom stereocenters. The Labute approximate surface area is 80.7 Å². The second-order valence-electron chi connectivity index (χ2n) is 2.73. The maximum Gasteiger partial charge on any atom is 0.370 e. The molecule has 4 heteroatoms. The van der Waals surface area contributed by atoms with Crippen molar-refractivity contribution < 1.29 is 20.1 Å². The Hall–Kier alpha value is -1.97. The van der Waals surface area contributed by atoms with Crippen LogP contribution in [0.15, 0.2) is 36.1 Å². The quantitative estimate of drug-likeness (QED) is 0.502. The number of carboxylic acids is 1. The SMILES string of the molecule is O=C(O)/C(O)=C/Cc1ccccc1O. The van der Waals surface area contributed by atoms with Crippen LogP contribution in [-0.2, 0) is 11.2 Å². The first-order valence-electron chi connectivity index (χ1n) is 4.00. The molecule has 0 heterocycles. The fourth-order valence-electron chi connectivity index (χ4n) is 0.977. The number of aromatic hydroxyl groups is 1. The van der Waals surface area contributed by atoms with Crippen molar-refractivity contribution in [2.75, 3.05) is 0 Å². The first-order chi connectivity index (χ1) is 6.61. The van der Waals surface area contributed by atoms with E-state index in [9.17, 15) is 9.90 Å². The van der Waals surface area contributed by atoms with Gasteiger partial charge in [0.2, 0.25) is 0 Å². The molecule has 0 fully saturated rings. The highest BCUT2D eigenvalue weighted by molar-refractivity contribution is 5.83. The largest absolute Gasteiger partial charge is 0.508 e. The molecule has 0 aliphatic carbocycles. The van der Waals surface area contributed by atoms with Crippen LogP contribution in [0.2, 0.25) is 0 Å². The molecule has 0 saturated carbocycles. The number of aliphatic carboxylic acids is 1. The van der Waals surface area contributed by atoms with Crippen molar-refractivity contribution in [3.05, 3.63) is 41.7 Å². The van der Waals surface area contributed by atoms with Crippen LogP contribution in [0.1, 0.15) is 5.56 Å². The lowest BCUT2D eigenvalue weighted by molar-refractivity contribution is -0.135. The van der Waals surface area contributed by atoms with Crippen molar-refractivity contribution in [2.24, 2.45) is 0 Å². The molecule has 3 N–H and O–H groups in total. The molecule has 0 aliphatic rings. The van der Waals surface area contributed by atoms with E-state index in [1.807, 2.05) is 0 Å². The van der Waals surface area contributed by atoms with E-state index in [2.05, 4.69) is 0 Å². The molecule has 0 bridgehead atoms. The number of hydrogen-bond donors (Lipinski definition) is 3. The van der Waals surface area contributed by atoms with E-state index in [0.717, 1.165) is 6.08 Å². The molecule has 74 valence electrons. The minimum Gasteiger partial charge on any atom is -0.508 e. The lowest BCUT2D eigenvalue weighted by Gasteiger charge is -1.99. The fraction of sp³-hybridized carbons (Fsp3) is 0.100. The Balaban J connectivity index is 2.76. The summed E-state index contributed by atoms with van der Waals surface area (Å²) in [6.07, 6.45) is 1.32. The monoisotopic (exact) mass is 194 g/mol. The number of aliphatic hydroxyl groups is 1. The number of aliphatic hydroxyl groups excluding tert-OH is 1. The zero-order valence-corrected chi connectivity index (χ0v) is 7.34. The summed E-state index contributed by atoms with van der Waals surface area (Å²) in [5.74, 6) is -2.00. The van der Waals surface area contributed by atoms with Crippen LogP contribution in [0.5, 0.6) is 5.75 Å². The van der Waals surface area contributed by atoms with E-state index < -0.39 is 11.7 Å². The number of carbonyl (C=O) groups is 1. The van der Waals surface area contributed by atoms with Crippen molar-refractivity contribution >= 4 is 5.97 Å². The van der Waals surface area contributed by atoms with Gasteiger partial charge in [0.15, 0.2) is 5.76 Å². The summed E-state index contributed by atoms with van der Waals surface area (Å²) in [4.78, 5) is 10.2. The summed E-state index contributed by atoms with van der Waals surface area (Å²) >= 11 is 0. The van der Waals surface area contributed by atoms with E-state index in [-0.39, 0.29) is 12.2 Å². The van der Waals surface area contributed by atoms with Gasteiger partial charge in [-0.3, -0.25) is 0 Å². The van der Waals surface area contributed by atoms with Gasteiger partial charge >= 0.3 is 5.97 Å². The summed E-state index contributed by atoms with van der Waals surface area (Å²) < 4.78 is 0. The number of hydrogen-bond acceptors (Lipinski definition) is 3. The van der Waals surface area contributed by atoms with E-state index in [0.29, 0.717) is 5.56 Å². The van der Waals surface area contributed by atoms with Crippen molar-refractivity contribution in [2.45, 2.75) is 6.42 Å². The molecule has 1 rings (SSSR count). The number of benzene rings is 1. The van der Waals surface area contributed by atoms with E-state index >= 15 is 0 Å². The lowest BCUT2D eigenvalue weighted by atomic mass is 10.1. The predicted molar refractivity (Wildman–Crippen MR) is 50.2 cm³/mol. The van der Waals surface area contributed by atoms with Crippen molar-refractivity contribution in [3.63, 3.8) is 0 Å². The molecule has 0 radical (unpaired) electrons. The van der Waals surface area contributed by atoms with Crippen LogP contribution in [0.3, 0.4) is 0 Å². The van der Waals surface area contributed by atoms with Crippen molar-refractivity contribution in [1.82, 2.24) is 0 Å². The molecule has 0 aliphatic heterocycles. The van der Waals surface area contributed by atoms with Gasteiger partial charge in [-0.05, 0) is 24.1 Å². The third-order valence-corrected chi connectivity index (χ3v) is 1.73. The highest BCUT2D eigenvalue weighted by atomic mass is 16.4.